The first-order valence-electron chi connectivity index (χ1n) is 16.5. The summed E-state index contributed by atoms with van der Waals surface area (Å²) in [6.45, 7) is 12.2. The first-order valence-corrected chi connectivity index (χ1v) is 19.4. The number of ether oxygens (including phenoxy) is 4. The van der Waals surface area contributed by atoms with E-state index in [0.717, 1.165) is 11.1 Å². The van der Waals surface area contributed by atoms with Crippen LogP contribution in [0.2, 0.25) is 18.1 Å². The summed E-state index contributed by atoms with van der Waals surface area (Å²) >= 11 is 0. The molecule has 4 saturated heterocycles. The van der Waals surface area contributed by atoms with Gasteiger partial charge in [0, 0.05) is 7.11 Å². The number of nitrogens with zero attached hydrogens (tertiary/aromatic N) is 2. The molecule has 4 aliphatic rings. The van der Waals surface area contributed by atoms with Gasteiger partial charge in [0.2, 0.25) is 0 Å². The fourth-order valence-electron chi connectivity index (χ4n) is 6.39. The van der Waals surface area contributed by atoms with Gasteiger partial charge in [0.1, 0.15) is 24.3 Å². The van der Waals surface area contributed by atoms with Crippen molar-refractivity contribution in [1.29, 1.82) is 0 Å². The molecular formula is C35H48N2O9Si. The van der Waals surface area contributed by atoms with E-state index in [0.29, 0.717) is 13.1 Å². The van der Waals surface area contributed by atoms with Crippen LogP contribution in [0.3, 0.4) is 0 Å². The van der Waals surface area contributed by atoms with Crippen LogP contribution in [0.25, 0.3) is 0 Å². The molecule has 4 aliphatic heterocycles. The monoisotopic (exact) mass is 668 g/mol. The van der Waals surface area contributed by atoms with E-state index in [9.17, 15) is 9.59 Å². The van der Waals surface area contributed by atoms with Crippen molar-refractivity contribution in [3.63, 3.8) is 0 Å². The van der Waals surface area contributed by atoms with Crippen molar-refractivity contribution in [2.75, 3.05) is 33.5 Å². The van der Waals surface area contributed by atoms with Crippen LogP contribution in [0.15, 0.2) is 60.7 Å². The van der Waals surface area contributed by atoms with Gasteiger partial charge in [-0.1, -0.05) is 81.4 Å². The second kappa shape index (κ2) is 14.2. The summed E-state index contributed by atoms with van der Waals surface area (Å²) in [6, 6.07) is 18.4. The van der Waals surface area contributed by atoms with Crippen LogP contribution in [-0.4, -0.2) is 100 Å². The normalized spacial score (nSPS) is 32.0. The van der Waals surface area contributed by atoms with Crippen molar-refractivity contribution in [2.24, 2.45) is 11.8 Å². The third kappa shape index (κ3) is 7.32. The van der Waals surface area contributed by atoms with Crippen LogP contribution in [0.1, 0.15) is 31.9 Å². The van der Waals surface area contributed by atoms with Gasteiger partial charge in [-0.3, -0.25) is 19.3 Å². The molecular weight excluding hydrogens is 620 g/mol. The summed E-state index contributed by atoms with van der Waals surface area (Å²) in [5, 5.41) is 3.39. The number of Topliss-reactive ketones (excluding diaryl/α,β-unsaturated/α-hetero) is 2. The van der Waals surface area contributed by atoms with E-state index in [1.54, 1.807) is 10.1 Å². The molecule has 2 aromatic rings. The van der Waals surface area contributed by atoms with E-state index in [2.05, 4.69) is 33.9 Å². The Bertz CT molecular complexity index is 1370. The summed E-state index contributed by atoms with van der Waals surface area (Å²) < 4.78 is 31.5. The lowest BCUT2D eigenvalue weighted by molar-refractivity contribution is -0.337. The molecule has 0 aromatic heterocycles. The number of ketones is 2. The topological polar surface area (TPSA) is 105 Å². The number of hydroxylamine groups is 4. The Labute approximate surface area is 278 Å². The van der Waals surface area contributed by atoms with Gasteiger partial charge in [-0.2, -0.15) is 10.1 Å². The molecule has 4 heterocycles. The average molecular weight is 669 g/mol. The van der Waals surface area contributed by atoms with Crippen LogP contribution in [0, 0.1) is 11.8 Å². The third-order valence-corrected chi connectivity index (χ3v) is 14.7. The molecule has 11 nitrogen and oxygen atoms in total. The molecule has 4 bridgehead atoms. The number of fused-ring (bicyclic) bond motifs is 4. The van der Waals surface area contributed by atoms with Crippen molar-refractivity contribution in [3.05, 3.63) is 71.8 Å². The van der Waals surface area contributed by atoms with Gasteiger partial charge in [0.05, 0.1) is 51.4 Å². The van der Waals surface area contributed by atoms with Gasteiger partial charge in [-0.15, -0.1) is 0 Å². The number of methoxy groups -OCH3 is 1. The third-order valence-electron chi connectivity index (χ3n) is 10.2. The molecule has 12 heteroatoms. The highest BCUT2D eigenvalue weighted by molar-refractivity contribution is 6.74. The minimum atomic E-state index is -2.17. The molecule has 256 valence electrons. The van der Waals surface area contributed by atoms with Gasteiger partial charge in [0.15, 0.2) is 32.5 Å². The number of carbonyl (C=O) groups excluding carboxylic acids is 2. The highest BCUT2D eigenvalue weighted by Gasteiger charge is 2.55. The number of rotatable bonds is 11. The smallest absolute Gasteiger partial charge is 0.192 e. The highest BCUT2D eigenvalue weighted by Crippen LogP contribution is 2.39. The average Bonchev–Trinajstić information content (AvgIpc) is 3.03. The van der Waals surface area contributed by atoms with E-state index < -0.39 is 57.0 Å². The molecule has 0 spiro atoms. The lowest BCUT2D eigenvalue weighted by Crippen LogP contribution is -2.67. The summed E-state index contributed by atoms with van der Waals surface area (Å²) in [5.41, 5.74) is 2.03. The molecule has 2 aromatic carbocycles. The summed E-state index contributed by atoms with van der Waals surface area (Å²) in [6.07, 6.45) is -3.01. The zero-order valence-electron chi connectivity index (χ0n) is 28.2. The SMILES string of the molecule is CO[C@H]1O[C@H](CO[C@H]2O[C@H](CO[Si](C)(C)C(C)(C)C)[C@H]3C(=O)[C@@H]2CON3Cc2ccccc2)[C@H]2C(=O)[C@@H]1CON2Cc1ccccc1. The Kier molecular flexibility index (Phi) is 10.5. The first kappa shape index (κ1) is 34.5. The first-order chi connectivity index (χ1) is 22.5. The number of hydrogen-bond donors (Lipinski definition) is 0. The number of benzene rings is 2. The molecule has 8 atom stereocenters. The van der Waals surface area contributed by atoms with Crippen LogP contribution in [-0.2, 0) is 55.7 Å². The van der Waals surface area contributed by atoms with Crippen molar-refractivity contribution >= 4 is 19.9 Å². The molecule has 4 fully saturated rings. The van der Waals surface area contributed by atoms with Gasteiger partial charge in [-0.25, -0.2) is 0 Å². The second-order valence-corrected chi connectivity index (χ2v) is 19.2. The Hall–Kier alpha value is -2.36. The van der Waals surface area contributed by atoms with Crippen molar-refractivity contribution in [3.8, 4) is 0 Å². The molecule has 0 radical (unpaired) electrons. The maximum absolute atomic E-state index is 14.1. The van der Waals surface area contributed by atoms with Crippen molar-refractivity contribution in [2.45, 2.75) is 88.9 Å². The predicted molar refractivity (Wildman–Crippen MR) is 174 cm³/mol. The van der Waals surface area contributed by atoms with Crippen LogP contribution in [0.4, 0.5) is 0 Å². The van der Waals surface area contributed by atoms with E-state index in [1.807, 2.05) is 60.7 Å². The zero-order chi connectivity index (χ0) is 33.3. The molecule has 6 rings (SSSR count). The molecule has 0 amide bonds. The molecule has 47 heavy (non-hydrogen) atoms. The summed E-state index contributed by atoms with van der Waals surface area (Å²) in [7, 11) is -0.655. The van der Waals surface area contributed by atoms with Gasteiger partial charge in [0.25, 0.3) is 0 Å². The maximum atomic E-state index is 14.1. The summed E-state index contributed by atoms with van der Waals surface area (Å²) in [5.74, 6) is -1.21. The minimum absolute atomic E-state index is 0.00515. The van der Waals surface area contributed by atoms with E-state index in [1.165, 1.54) is 7.11 Å². The standard InChI is InChI=1S/C35H48N2O9Si/c1-35(2,3)47(5,6)44-22-28-30-32(39)26(20-43-37(30)18-24-15-11-8-12-16-24)34(46-28)41-21-27-29-31(38)25(33(40-4)45-27)19-42-36(29)17-23-13-9-7-10-14-23/h7-16,25-30,33-34H,17-22H2,1-6H3/t25-,26-,27+,28+,29-,30-,33-,34-/m0/s1. The highest BCUT2D eigenvalue weighted by atomic mass is 28.4. The second-order valence-electron chi connectivity index (χ2n) is 14.3. The lowest BCUT2D eigenvalue weighted by Gasteiger charge is -2.50. The van der Waals surface area contributed by atoms with Gasteiger partial charge in [-0.05, 0) is 29.3 Å². The van der Waals surface area contributed by atoms with Gasteiger partial charge >= 0.3 is 0 Å². The lowest BCUT2D eigenvalue weighted by atomic mass is 9.88. The Morgan fingerprint density at radius 3 is 1.70 bits per heavy atom. The van der Waals surface area contributed by atoms with Crippen LogP contribution >= 0.6 is 0 Å². The molecule has 0 saturated carbocycles. The van der Waals surface area contributed by atoms with Crippen molar-refractivity contribution < 1.29 is 42.6 Å². The van der Waals surface area contributed by atoms with Crippen LogP contribution < -0.4 is 0 Å². The van der Waals surface area contributed by atoms with Crippen molar-refractivity contribution in [1.82, 2.24) is 10.1 Å². The Morgan fingerprint density at radius 2 is 1.21 bits per heavy atom. The van der Waals surface area contributed by atoms with E-state index in [-0.39, 0.29) is 43.0 Å². The fourth-order valence-corrected chi connectivity index (χ4v) is 7.41. The quantitative estimate of drug-likeness (QED) is 0.323. The maximum Gasteiger partial charge on any atom is 0.192 e. The van der Waals surface area contributed by atoms with Gasteiger partial charge < -0.3 is 23.4 Å². The number of carbonyl (C=O) groups is 2. The molecule has 0 aliphatic carbocycles. The number of hydrogen-bond acceptors (Lipinski definition) is 11. The molecule has 0 unspecified atom stereocenters. The predicted octanol–water partition coefficient (Wildman–Crippen LogP) is 4.12. The Balaban J connectivity index is 1.20. The Morgan fingerprint density at radius 1 is 0.745 bits per heavy atom. The largest absolute Gasteiger partial charge is 0.414 e. The minimum Gasteiger partial charge on any atom is -0.414 e. The zero-order valence-corrected chi connectivity index (χ0v) is 29.2. The fraction of sp³-hybridized carbons (Fsp3) is 0.600. The van der Waals surface area contributed by atoms with E-state index >= 15 is 0 Å². The van der Waals surface area contributed by atoms with Crippen LogP contribution in [0.5, 0.6) is 0 Å². The summed E-state index contributed by atoms with van der Waals surface area (Å²) in [4.78, 5) is 40.2. The van der Waals surface area contributed by atoms with E-state index in [4.69, 9.17) is 33.0 Å². The molecule has 0 N–H and O–H groups in total.